The van der Waals surface area contributed by atoms with E-state index in [9.17, 15) is 0 Å². The van der Waals surface area contributed by atoms with Gasteiger partial charge in [-0.3, -0.25) is 5.10 Å². The van der Waals surface area contributed by atoms with E-state index in [1.54, 1.807) is 4.68 Å². The van der Waals surface area contributed by atoms with Crippen molar-refractivity contribution in [1.29, 1.82) is 0 Å². The van der Waals surface area contributed by atoms with Crippen LogP contribution in [0.4, 0.5) is 5.69 Å². The van der Waals surface area contributed by atoms with Crippen LogP contribution in [0.5, 0.6) is 0 Å². The second-order valence-electron chi connectivity index (χ2n) is 5.49. The molecule has 0 bridgehead atoms. The Morgan fingerprint density at radius 2 is 1.95 bits per heavy atom. The highest BCUT2D eigenvalue weighted by Crippen LogP contribution is 2.19. The van der Waals surface area contributed by atoms with Gasteiger partial charge in [0.25, 0.3) is 0 Å². The summed E-state index contributed by atoms with van der Waals surface area (Å²) in [6, 6.07) is 8.54. The summed E-state index contributed by atoms with van der Waals surface area (Å²) in [7, 11) is 0. The predicted octanol–water partition coefficient (Wildman–Crippen LogP) is 3.38. The molecule has 5 nitrogen and oxygen atoms in total. The third-order valence-electron chi connectivity index (χ3n) is 3.97. The molecular weight excluding hydrogens is 294 g/mol. The molecule has 1 aromatic carbocycles. The average molecular weight is 315 g/mol. The molecule has 1 aliphatic rings. The minimum atomic E-state index is 0.526. The van der Waals surface area contributed by atoms with Crippen LogP contribution in [0.2, 0.25) is 0 Å². The second kappa shape index (κ2) is 6.87. The van der Waals surface area contributed by atoms with Crippen LogP contribution in [-0.4, -0.2) is 34.2 Å². The fraction of sp³-hybridized carbons (Fsp3) is 0.438. The van der Waals surface area contributed by atoms with Gasteiger partial charge in [0.2, 0.25) is 4.77 Å². The first-order valence-corrected chi connectivity index (χ1v) is 8.24. The van der Waals surface area contributed by atoms with Crippen LogP contribution in [0.25, 0.3) is 0 Å². The number of aryl methyl sites for hydroxylation is 1. The van der Waals surface area contributed by atoms with Crippen molar-refractivity contribution >= 4 is 24.1 Å². The van der Waals surface area contributed by atoms with Crippen molar-refractivity contribution in [2.45, 2.75) is 32.6 Å². The molecule has 3 rings (SSSR count). The van der Waals surface area contributed by atoms with E-state index in [0.717, 1.165) is 30.9 Å². The SMILES string of the molecule is CCc1n[nH]c(=S)n1/N=C/c1ccc(N2CCCCC2)cc1. The van der Waals surface area contributed by atoms with Crippen LogP contribution in [0.15, 0.2) is 29.4 Å². The van der Waals surface area contributed by atoms with E-state index in [1.807, 2.05) is 13.1 Å². The zero-order valence-corrected chi connectivity index (χ0v) is 13.6. The summed E-state index contributed by atoms with van der Waals surface area (Å²) in [6.45, 7) is 4.36. The highest BCUT2D eigenvalue weighted by Gasteiger charge is 2.10. The third kappa shape index (κ3) is 3.27. The quantitative estimate of drug-likeness (QED) is 0.695. The number of anilines is 1. The zero-order chi connectivity index (χ0) is 15.4. The number of aromatic nitrogens is 3. The Hall–Kier alpha value is -1.95. The lowest BCUT2D eigenvalue weighted by atomic mass is 10.1. The molecule has 116 valence electrons. The van der Waals surface area contributed by atoms with Crippen LogP contribution in [-0.2, 0) is 6.42 Å². The Labute approximate surface area is 135 Å². The number of nitrogens with zero attached hydrogens (tertiary/aromatic N) is 4. The lowest BCUT2D eigenvalue weighted by Crippen LogP contribution is -2.29. The van der Waals surface area contributed by atoms with Gasteiger partial charge in [0, 0.05) is 25.2 Å². The smallest absolute Gasteiger partial charge is 0.216 e. The number of hydrogen-bond acceptors (Lipinski definition) is 4. The van der Waals surface area contributed by atoms with Crippen LogP contribution < -0.4 is 4.90 Å². The van der Waals surface area contributed by atoms with Gasteiger partial charge in [0.05, 0.1) is 6.21 Å². The number of H-pyrrole nitrogens is 1. The number of hydrogen-bond donors (Lipinski definition) is 1. The maximum absolute atomic E-state index is 5.19. The van der Waals surface area contributed by atoms with E-state index < -0.39 is 0 Å². The largest absolute Gasteiger partial charge is 0.372 e. The van der Waals surface area contributed by atoms with Gasteiger partial charge in [-0.05, 0) is 49.2 Å². The van der Waals surface area contributed by atoms with Crippen LogP contribution in [0.3, 0.4) is 0 Å². The maximum Gasteiger partial charge on any atom is 0.216 e. The molecular formula is C16H21N5S. The van der Waals surface area contributed by atoms with E-state index in [4.69, 9.17) is 12.2 Å². The monoisotopic (exact) mass is 315 g/mol. The summed E-state index contributed by atoms with van der Waals surface area (Å²) in [5.41, 5.74) is 2.36. The molecule has 1 N–H and O–H groups in total. The Morgan fingerprint density at radius 1 is 1.23 bits per heavy atom. The van der Waals surface area contributed by atoms with Crippen molar-refractivity contribution in [1.82, 2.24) is 14.9 Å². The van der Waals surface area contributed by atoms with E-state index in [1.165, 1.54) is 24.9 Å². The van der Waals surface area contributed by atoms with Gasteiger partial charge in [-0.25, -0.2) is 0 Å². The number of nitrogens with one attached hydrogen (secondary N) is 1. The predicted molar refractivity (Wildman–Crippen MR) is 92.3 cm³/mol. The first-order chi connectivity index (χ1) is 10.8. The average Bonchev–Trinajstić information content (AvgIpc) is 2.94. The number of benzene rings is 1. The van der Waals surface area contributed by atoms with E-state index >= 15 is 0 Å². The van der Waals surface area contributed by atoms with Crippen molar-refractivity contribution in [2.75, 3.05) is 18.0 Å². The Balaban J connectivity index is 1.74. The lowest BCUT2D eigenvalue weighted by Gasteiger charge is -2.28. The van der Waals surface area contributed by atoms with Crippen LogP contribution in [0.1, 0.15) is 37.6 Å². The second-order valence-corrected chi connectivity index (χ2v) is 5.88. The molecule has 2 heterocycles. The molecule has 22 heavy (non-hydrogen) atoms. The fourth-order valence-electron chi connectivity index (χ4n) is 2.72. The van der Waals surface area contributed by atoms with Gasteiger partial charge in [-0.15, -0.1) is 0 Å². The molecule has 0 spiro atoms. The number of piperidine rings is 1. The summed E-state index contributed by atoms with van der Waals surface area (Å²) in [4.78, 5) is 2.45. The molecule has 1 fully saturated rings. The van der Waals surface area contributed by atoms with Crippen LogP contribution in [0, 0.1) is 4.77 Å². The lowest BCUT2D eigenvalue weighted by molar-refractivity contribution is 0.578. The summed E-state index contributed by atoms with van der Waals surface area (Å²) in [5, 5.41) is 11.3. The van der Waals surface area contributed by atoms with Crippen molar-refractivity contribution in [3.05, 3.63) is 40.4 Å². The highest BCUT2D eigenvalue weighted by molar-refractivity contribution is 7.71. The molecule has 1 aromatic heterocycles. The number of aromatic amines is 1. The molecule has 2 aromatic rings. The first kappa shape index (κ1) is 15.0. The maximum atomic E-state index is 5.19. The first-order valence-electron chi connectivity index (χ1n) is 7.83. The topological polar surface area (TPSA) is 49.2 Å². The minimum Gasteiger partial charge on any atom is -0.372 e. The summed E-state index contributed by atoms with van der Waals surface area (Å²) in [5.74, 6) is 0.839. The fourth-order valence-corrected chi connectivity index (χ4v) is 2.92. The van der Waals surface area contributed by atoms with Crippen molar-refractivity contribution in [2.24, 2.45) is 5.10 Å². The molecule has 0 radical (unpaired) electrons. The van der Waals surface area contributed by atoms with E-state index in [0.29, 0.717) is 4.77 Å². The van der Waals surface area contributed by atoms with E-state index in [-0.39, 0.29) is 0 Å². The summed E-state index contributed by atoms with van der Waals surface area (Å²) < 4.78 is 2.20. The van der Waals surface area contributed by atoms with Gasteiger partial charge >= 0.3 is 0 Å². The molecule has 1 aliphatic heterocycles. The van der Waals surface area contributed by atoms with Crippen LogP contribution >= 0.6 is 12.2 Å². The van der Waals surface area contributed by atoms with Gasteiger partial charge in [0.15, 0.2) is 5.82 Å². The van der Waals surface area contributed by atoms with Gasteiger partial charge in [-0.2, -0.15) is 14.9 Å². The number of rotatable bonds is 4. The third-order valence-corrected chi connectivity index (χ3v) is 4.23. The molecule has 6 heteroatoms. The normalized spacial score (nSPS) is 15.6. The Bertz CT molecular complexity index is 692. The zero-order valence-electron chi connectivity index (χ0n) is 12.8. The van der Waals surface area contributed by atoms with Gasteiger partial charge in [0.1, 0.15) is 0 Å². The highest BCUT2D eigenvalue weighted by atomic mass is 32.1. The standard InChI is InChI=1S/C16H21N5S/c1-2-15-18-19-16(22)21(15)17-12-13-6-8-14(9-7-13)20-10-4-3-5-11-20/h6-9,12H,2-5,10-11H2,1H3,(H,19,22)/b17-12+. The van der Waals surface area contributed by atoms with Crippen molar-refractivity contribution < 1.29 is 0 Å². The molecule has 1 saturated heterocycles. The van der Waals surface area contributed by atoms with Crippen molar-refractivity contribution in [3.63, 3.8) is 0 Å². The Morgan fingerprint density at radius 3 is 2.64 bits per heavy atom. The summed E-state index contributed by atoms with van der Waals surface area (Å²) >= 11 is 5.19. The van der Waals surface area contributed by atoms with Gasteiger partial charge < -0.3 is 4.90 Å². The minimum absolute atomic E-state index is 0.526. The van der Waals surface area contributed by atoms with Gasteiger partial charge in [-0.1, -0.05) is 19.1 Å². The molecule has 0 amide bonds. The molecule has 0 unspecified atom stereocenters. The molecule has 0 atom stereocenters. The Kier molecular flexibility index (Phi) is 4.68. The molecule has 0 aliphatic carbocycles. The summed E-state index contributed by atoms with van der Waals surface area (Å²) in [6.07, 6.45) is 6.55. The molecule has 0 saturated carbocycles. The van der Waals surface area contributed by atoms with Crippen molar-refractivity contribution in [3.8, 4) is 0 Å². The van der Waals surface area contributed by atoms with E-state index in [2.05, 4.69) is 44.5 Å².